The predicted octanol–water partition coefficient (Wildman–Crippen LogP) is 6.25. The first-order valence-corrected chi connectivity index (χ1v) is 9.46. The first kappa shape index (κ1) is 16.1. The fourth-order valence-electron chi connectivity index (χ4n) is 4.11. The predicted molar refractivity (Wildman–Crippen MR) is 114 cm³/mol. The van der Waals surface area contributed by atoms with Crippen LogP contribution in [0.1, 0.15) is 26.3 Å². The van der Waals surface area contributed by atoms with Crippen molar-refractivity contribution in [2.45, 2.75) is 27.2 Å². The highest BCUT2D eigenvalue weighted by Gasteiger charge is 2.18. The van der Waals surface area contributed by atoms with Gasteiger partial charge in [0.15, 0.2) is 0 Å². The van der Waals surface area contributed by atoms with E-state index in [0.717, 1.165) is 23.4 Å². The molecule has 0 amide bonds. The van der Waals surface area contributed by atoms with Gasteiger partial charge in [0.25, 0.3) is 0 Å². The van der Waals surface area contributed by atoms with Crippen LogP contribution in [0, 0.1) is 5.41 Å². The Hall–Kier alpha value is -3.07. The van der Waals surface area contributed by atoms with Crippen molar-refractivity contribution in [1.82, 2.24) is 14.5 Å². The third-order valence-electron chi connectivity index (χ3n) is 5.10. The summed E-state index contributed by atoms with van der Waals surface area (Å²) in [5, 5.41) is 3.78. The zero-order valence-electron chi connectivity index (χ0n) is 16.0. The monoisotopic (exact) mass is 353 g/mol. The number of hydrogen-bond acceptors (Lipinski definition) is 1. The fraction of sp³-hybridized carbons (Fsp3) is 0.208. The van der Waals surface area contributed by atoms with Gasteiger partial charge in [-0.2, -0.15) is 0 Å². The van der Waals surface area contributed by atoms with Crippen molar-refractivity contribution in [2.24, 2.45) is 5.41 Å². The standard InChI is InChI=1S/C24H23N3/c1-24(2,3)15-16-12-13-25-21(14-16)27-20-11-7-5-9-18(20)22-17-8-4-6-10-19(17)26-23(22)27/h4-14,26H,15H2,1-3H3. The maximum absolute atomic E-state index is 4.73. The van der Waals surface area contributed by atoms with Gasteiger partial charge in [0.2, 0.25) is 0 Å². The maximum atomic E-state index is 4.73. The molecule has 2 aromatic carbocycles. The summed E-state index contributed by atoms with van der Waals surface area (Å²) in [7, 11) is 0. The van der Waals surface area contributed by atoms with Gasteiger partial charge < -0.3 is 4.98 Å². The molecular weight excluding hydrogens is 330 g/mol. The minimum Gasteiger partial charge on any atom is -0.340 e. The molecular formula is C24H23N3. The van der Waals surface area contributed by atoms with Crippen molar-refractivity contribution in [3.8, 4) is 5.82 Å². The Morgan fingerprint density at radius 2 is 1.67 bits per heavy atom. The van der Waals surface area contributed by atoms with Crippen LogP contribution < -0.4 is 0 Å². The Balaban J connectivity index is 1.83. The molecule has 0 radical (unpaired) electrons. The van der Waals surface area contributed by atoms with E-state index < -0.39 is 0 Å². The highest BCUT2D eigenvalue weighted by Crippen LogP contribution is 2.36. The number of para-hydroxylation sites is 2. The average Bonchev–Trinajstić information content (AvgIpc) is 3.14. The maximum Gasteiger partial charge on any atom is 0.138 e. The smallest absolute Gasteiger partial charge is 0.138 e. The van der Waals surface area contributed by atoms with Gasteiger partial charge in [-0.25, -0.2) is 4.98 Å². The third kappa shape index (κ3) is 2.62. The molecule has 0 aliphatic heterocycles. The average molecular weight is 353 g/mol. The van der Waals surface area contributed by atoms with Gasteiger partial charge in [-0.1, -0.05) is 57.2 Å². The van der Waals surface area contributed by atoms with Crippen LogP contribution in [-0.4, -0.2) is 14.5 Å². The lowest BCUT2D eigenvalue weighted by Gasteiger charge is -2.18. The van der Waals surface area contributed by atoms with Crippen LogP contribution in [0.4, 0.5) is 0 Å². The summed E-state index contributed by atoms with van der Waals surface area (Å²) < 4.78 is 2.26. The molecule has 5 rings (SSSR count). The lowest BCUT2D eigenvalue weighted by atomic mass is 9.88. The highest BCUT2D eigenvalue weighted by molar-refractivity contribution is 6.21. The van der Waals surface area contributed by atoms with Crippen LogP contribution in [0.5, 0.6) is 0 Å². The molecule has 0 fully saturated rings. The lowest BCUT2D eigenvalue weighted by Crippen LogP contribution is -2.10. The second-order valence-corrected chi connectivity index (χ2v) is 8.51. The zero-order chi connectivity index (χ0) is 18.6. The van der Waals surface area contributed by atoms with Crippen molar-refractivity contribution >= 4 is 32.8 Å². The van der Waals surface area contributed by atoms with E-state index in [1.165, 1.54) is 27.2 Å². The molecule has 5 aromatic rings. The molecule has 3 heteroatoms. The van der Waals surface area contributed by atoms with Gasteiger partial charge in [0.05, 0.1) is 5.52 Å². The fourth-order valence-corrected chi connectivity index (χ4v) is 4.11. The number of benzene rings is 2. The van der Waals surface area contributed by atoms with E-state index in [0.29, 0.717) is 0 Å². The lowest BCUT2D eigenvalue weighted by molar-refractivity contribution is 0.411. The van der Waals surface area contributed by atoms with Crippen LogP contribution >= 0.6 is 0 Å². The Morgan fingerprint density at radius 1 is 0.926 bits per heavy atom. The van der Waals surface area contributed by atoms with Crippen LogP contribution in [-0.2, 0) is 6.42 Å². The van der Waals surface area contributed by atoms with Gasteiger partial charge in [-0.15, -0.1) is 0 Å². The number of aromatic amines is 1. The first-order chi connectivity index (χ1) is 13.0. The number of hydrogen-bond donors (Lipinski definition) is 1. The summed E-state index contributed by atoms with van der Waals surface area (Å²) in [5.41, 5.74) is 5.01. The van der Waals surface area contributed by atoms with E-state index in [1.54, 1.807) is 0 Å². The largest absolute Gasteiger partial charge is 0.340 e. The highest BCUT2D eigenvalue weighted by atomic mass is 15.1. The zero-order valence-corrected chi connectivity index (χ0v) is 16.0. The van der Waals surface area contributed by atoms with Crippen LogP contribution in [0.25, 0.3) is 38.7 Å². The Morgan fingerprint density at radius 3 is 2.48 bits per heavy atom. The van der Waals surface area contributed by atoms with Crippen LogP contribution in [0.2, 0.25) is 0 Å². The quantitative estimate of drug-likeness (QED) is 0.400. The number of H-pyrrole nitrogens is 1. The third-order valence-corrected chi connectivity index (χ3v) is 5.10. The molecule has 134 valence electrons. The molecule has 0 aliphatic rings. The summed E-state index contributed by atoms with van der Waals surface area (Å²) in [6, 6.07) is 21.4. The van der Waals surface area contributed by atoms with E-state index in [4.69, 9.17) is 4.98 Å². The molecule has 0 bridgehead atoms. The van der Waals surface area contributed by atoms with Crippen molar-refractivity contribution in [2.75, 3.05) is 0 Å². The SMILES string of the molecule is CC(C)(C)Cc1ccnc(-n2c3ccccc3c3c4ccccc4[nH]c32)c1. The second kappa shape index (κ2) is 5.71. The summed E-state index contributed by atoms with van der Waals surface area (Å²) in [4.78, 5) is 8.35. The summed E-state index contributed by atoms with van der Waals surface area (Å²) in [6.07, 6.45) is 2.96. The number of nitrogens with zero attached hydrogens (tertiary/aromatic N) is 2. The molecule has 0 unspecified atom stereocenters. The number of aromatic nitrogens is 3. The normalized spacial score (nSPS) is 12.4. The molecule has 0 spiro atoms. The second-order valence-electron chi connectivity index (χ2n) is 8.51. The number of pyridine rings is 1. The van der Waals surface area contributed by atoms with Gasteiger partial charge in [-0.3, -0.25) is 4.57 Å². The van der Waals surface area contributed by atoms with E-state index in [1.807, 2.05) is 6.20 Å². The van der Waals surface area contributed by atoms with Gasteiger partial charge >= 0.3 is 0 Å². The minimum absolute atomic E-state index is 0.244. The molecule has 0 saturated heterocycles. The molecule has 3 nitrogen and oxygen atoms in total. The van der Waals surface area contributed by atoms with Crippen molar-refractivity contribution in [3.63, 3.8) is 0 Å². The minimum atomic E-state index is 0.244. The number of nitrogens with one attached hydrogen (secondary N) is 1. The van der Waals surface area contributed by atoms with Gasteiger partial charge in [-0.05, 0) is 41.7 Å². The molecule has 0 atom stereocenters. The van der Waals surface area contributed by atoms with Crippen molar-refractivity contribution in [3.05, 3.63) is 72.4 Å². The molecule has 3 heterocycles. The summed E-state index contributed by atoms with van der Waals surface area (Å²) >= 11 is 0. The molecule has 27 heavy (non-hydrogen) atoms. The number of fused-ring (bicyclic) bond motifs is 5. The number of rotatable bonds is 2. The molecule has 3 aromatic heterocycles. The Labute approximate surface area is 158 Å². The van der Waals surface area contributed by atoms with Crippen LogP contribution in [0.15, 0.2) is 66.9 Å². The molecule has 1 N–H and O–H groups in total. The van der Waals surface area contributed by atoms with Crippen molar-refractivity contribution < 1.29 is 0 Å². The Kier molecular flexibility index (Phi) is 3.41. The van der Waals surface area contributed by atoms with Crippen LogP contribution in [0.3, 0.4) is 0 Å². The van der Waals surface area contributed by atoms with E-state index in [-0.39, 0.29) is 5.41 Å². The summed E-state index contributed by atoms with van der Waals surface area (Å²) in [6.45, 7) is 6.82. The molecule has 0 aliphatic carbocycles. The van der Waals surface area contributed by atoms with Crippen molar-refractivity contribution in [1.29, 1.82) is 0 Å². The van der Waals surface area contributed by atoms with Gasteiger partial charge in [0, 0.05) is 27.9 Å². The Bertz CT molecular complexity index is 1280. The topological polar surface area (TPSA) is 33.6 Å². The molecule has 0 saturated carbocycles. The first-order valence-electron chi connectivity index (χ1n) is 9.46. The summed E-state index contributed by atoms with van der Waals surface area (Å²) in [5.74, 6) is 0.967. The van der Waals surface area contributed by atoms with E-state index in [9.17, 15) is 0 Å². The van der Waals surface area contributed by atoms with E-state index >= 15 is 0 Å². The van der Waals surface area contributed by atoms with E-state index in [2.05, 4.69) is 91.0 Å². The van der Waals surface area contributed by atoms with Gasteiger partial charge in [0.1, 0.15) is 11.5 Å².